The molecule has 1 aliphatic rings. The van der Waals surface area contributed by atoms with Gasteiger partial charge in [-0.25, -0.2) is 4.79 Å². The average molecular weight is 256 g/mol. The van der Waals surface area contributed by atoms with Gasteiger partial charge < -0.3 is 9.80 Å². The fourth-order valence-electron chi connectivity index (χ4n) is 1.25. The van der Waals surface area contributed by atoms with E-state index in [1.807, 2.05) is 4.90 Å². The number of hydrogen-bond acceptors (Lipinski definition) is 1. The van der Waals surface area contributed by atoms with Gasteiger partial charge in [0.2, 0.25) is 0 Å². The van der Waals surface area contributed by atoms with Crippen molar-refractivity contribution in [1.29, 1.82) is 0 Å². The summed E-state index contributed by atoms with van der Waals surface area (Å²) in [5, 5.41) is 0.841. The highest BCUT2D eigenvalue weighted by atomic mass is 79.9. The smallest absolute Gasteiger partial charge is 0.320 e. The predicted octanol–water partition coefficient (Wildman–Crippen LogP) is 1.36. The van der Waals surface area contributed by atoms with Crippen molar-refractivity contribution in [3.63, 3.8) is 0 Å². The molecule has 0 aromatic rings. The Balaban J connectivity index is 2.38. The van der Waals surface area contributed by atoms with Crippen LogP contribution in [0.5, 0.6) is 0 Å². The lowest BCUT2D eigenvalue weighted by atomic mass is 10.5. The maximum atomic E-state index is 11.5. The number of halogens is 2. The Hall–Kier alpha value is 0.0400. The fourth-order valence-corrected chi connectivity index (χ4v) is 1.88. The molecule has 0 aromatic heterocycles. The molecule has 0 atom stereocenters. The zero-order valence-electron chi connectivity index (χ0n) is 6.80. The lowest BCUT2D eigenvalue weighted by Crippen LogP contribution is -2.33. The monoisotopic (exact) mass is 254 g/mol. The predicted molar refractivity (Wildman–Crippen MR) is 53.1 cm³/mol. The first-order valence-corrected chi connectivity index (χ1v) is 5.61. The van der Waals surface area contributed by atoms with Crippen LogP contribution in [0.1, 0.15) is 0 Å². The Labute approximate surface area is 85.8 Å². The minimum absolute atomic E-state index is 0.120. The summed E-state index contributed by atoms with van der Waals surface area (Å²) in [5.41, 5.74) is 0. The summed E-state index contributed by atoms with van der Waals surface area (Å²) < 4.78 is 0. The standard InChI is InChI=1S/C7H12BrClN2O/c8-1-3-10-5-6-11(4-2-9)7(10)12/h1-6H2. The Morgan fingerprint density at radius 1 is 1.33 bits per heavy atom. The minimum Gasteiger partial charge on any atom is -0.322 e. The van der Waals surface area contributed by atoms with Crippen molar-refractivity contribution in [2.45, 2.75) is 0 Å². The van der Waals surface area contributed by atoms with Crippen LogP contribution in [0, 0.1) is 0 Å². The fraction of sp³-hybridized carbons (Fsp3) is 0.857. The number of rotatable bonds is 4. The van der Waals surface area contributed by atoms with Gasteiger partial charge in [-0.3, -0.25) is 0 Å². The van der Waals surface area contributed by atoms with E-state index in [0.717, 1.165) is 25.0 Å². The molecule has 0 N–H and O–H groups in total. The number of nitrogens with zero attached hydrogens (tertiary/aromatic N) is 2. The number of amides is 2. The van der Waals surface area contributed by atoms with Gasteiger partial charge >= 0.3 is 6.03 Å². The molecule has 0 bridgehead atoms. The molecule has 0 unspecified atom stereocenters. The maximum absolute atomic E-state index is 11.5. The van der Waals surface area contributed by atoms with Gasteiger partial charge in [0.1, 0.15) is 0 Å². The zero-order valence-corrected chi connectivity index (χ0v) is 9.14. The van der Waals surface area contributed by atoms with Crippen molar-refractivity contribution in [3.05, 3.63) is 0 Å². The summed E-state index contributed by atoms with van der Waals surface area (Å²) in [6, 6.07) is 0.120. The van der Waals surface area contributed by atoms with Crippen molar-refractivity contribution in [3.8, 4) is 0 Å². The Kier molecular flexibility index (Phi) is 4.15. The molecule has 70 valence electrons. The number of carbonyl (C=O) groups is 1. The topological polar surface area (TPSA) is 23.6 Å². The van der Waals surface area contributed by atoms with E-state index in [0.29, 0.717) is 12.4 Å². The van der Waals surface area contributed by atoms with Crippen molar-refractivity contribution < 1.29 is 4.79 Å². The van der Waals surface area contributed by atoms with E-state index in [2.05, 4.69) is 15.9 Å². The van der Waals surface area contributed by atoms with Crippen LogP contribution >= 0.6 is 27.5 Å². The molecule has 12 heavy (non-hydrogen) atoms. The third-order valence-corrected chi connectivity index (χ3v) is 2.41. The van der Waals surface area contributed by atoms with Crippen molar-refractivity contribution in [2.75, 3.05) is 37.4 Å². The zero-order chi connectivity index (χ0) is 8.97. The molecule has 0 saturated carbocycles. The molecular formula is C7H12BrClN2O. The molecule has 1 rings (SSSR count). The molecule has 0 aromatic carbocycles. The summed E-state index contributed by atoms with van der Waals surface area (Å²) in [5.74, 6) is 0.522. The number of alkyl halides is 2. The summed E-state index contributed by atoms with van der Waals surface area (Å²) in [6.07, 6.45) is 0. The first-order valence-electron chi connectivity index (χ1n) is 3.95. The normalized spacial score (nSPS) is 17.7. The van der Waals surface area contributed by atoms with Crippen LogP contribution in [-0.4, -0.2) is 53.2 Å². The van der Waals surface area contributed by atoms with Gasteiger partial charge in [0.05, 0.1) is 0 Å². The average Bonchev–Trinajstić information content (AvgIpc) is 2.38. The number of urea groups is 1. The van der Waals surface area contributed by atoms with Crippen LogP contribution in [0.3, 0.4) is 0 Å². The van der Waals surface area contributed by atoms with Gasteiger partial charge in [-0.1, -0.05) is 15.9 Å². The molecule has 2 amide bonds. The lowest BCUT2D eigenvalue weighted by molar-refractivity contribution is 0.196. The lowest BCUT2D eigenvalue weighted by Gasteiger charge is -2.16. The first-order chi connectivity index (χ1) is 5.79. The maximum Gasteiger partial charge on any atom is 0.320 e. The van der Waals surface area contributed by atoms with Crippen molar-refractivity contribution >= 4 is 33.6 Å². The second kappa shape index (κ2) is 4.92. The summed E-state index contributed by atoms with van der Waals surface area (Å²) in [7, 11) is 0. The van der Waals surface area contributed by atoms with Crippen LogP contribution in [0.25, 0.3) is 0 Å². The number of carbonyl (C=O) groups excluding carboxylic acids is 1. The first kappa shape index (κ1) is 10.1. The van der Waals surface area contributed by atoms with E-state index in [4.69, 9.17) is 11.6 Å². The van der Waals surface area contributed by atoms with Gasteiger partial charge in [0, 0.05) is 37.4 Å². The van der Waals surface area contributed by atoms with Crippen LogP contribution in [-0.2, 0) is 0 Å². The molecule has 1 fully saturated rings. The van der Waals surface area contributed by atoms with Crippen LogP contribution in [0.4, 0.5) is 4.79 Å². The Morgan fingerprint density at radius 3 is 2.42 bits per heavy atom. The largest absolute Gasteiger partial charge is 0.322 e. The van der Waals surface area contributed by atoms with Gasteiger partial charge in [0.15, 0.2) is 0 Å². The third-order valence-electron chi connectivity index (χ3n) is 1.89. The molecule has 0 spiro atoms. The summed E-state index contributed by atoms with van der Waals surface area (Å²) in [4.78, 5) is 15.1. The van der Waals surface area contributed by atoms with E-state index < -0.39 is 0 Å². The summed E-state index contributed by atoms with van der Waals surface area (Å²) in [6.45, 7) is 3.11. The van der Waals surface area contributed by atoms with Crippen molar-refractivity contribution in [2.24, 2.45) is 0 Å². The molecule has 0 aliphatic carbocycles. The second-order valence-corrected chi connectivity index (χ2v) is 3.81. The minimum atomic E-state index is 0.120. The molecule has 1 aliphatic heterocycles. The second-order valence-electron chi connectivity index (χ2n) is 2.63. The van der Waals surface area contributed by atoms with Crippen LogP contribution in [0.15, 0.2) is 0 Å². The molecule has 5 heteroatoms. The van der Waals surface area contributed by atoms with E-state index in [1.165, 1.54) is 0 Å². The van der Waals surface area contributed by atoms with E-state index in [-0.39, 0.29) is 6.03 Å². The van der Waals surface area contributed by atoms with Gasteiger partial charge in [-0.05, 0) is 0 Å². The SMILES string of the molecule is O=C1N(CCCl)CCN1CCBr. The van der Waals surface area contributed by atoms with Gasteiger partial charge in [-0.15, -0.1) is 11.6 Å². The molecule has 0 radical (unpaired) electrons. The van der Waals surface area contributed by atoms with E-state index in [9.17, 15) is 4.79 Å². The summed E-state index contributed by atoms with van der Waals surface area (Å²) >= 11 is 8.86. The van der Waals surface area contributed by atoms with Crippen LogP contribution in [0.2, 0.25) is 0 Å². The van der Waals surface area contributed by atoms with Gasteiger partial charge in [0.25, 0.3) is 0 Å². The Bertz CT molecular complexity index is 151. The molecule has 1 saturated heterocycles. The highest BCUT2D eigenvalue weighted by Gasteiger charge is 2.26. The highest BCUT2D eigenvalue weighted by Crippen LogP contribution is 2.08. The van der Waals surface area contributed by atoms with Crippen LogP contribution < -0.4 is 0 Å². The number of hydrogen-bond donors (Lipinski definition) is 0. The molecule has 1 heterocycles. The quantitative estimate of drug-likeness (QED) is 0.696. The third kappa shape index (κ3) is 2.26. The van der Waals surface area contributed by atoms with E-state index >= 15 is 0 Å². The molecular weight excluding hydrogens is 243 g/mol. The molecule has 3 nitrogen and oxygen atoms in total. The Morgan fingerprint density at radius 2 is 1.92 bits per heavy atom. The highest BCUT2D eigenvalue weighted by molar-refractivity contribution is 9.09. The van der Waals surface area contributed by atoms with Crippen molar-refractivity contribution in [1.82, 2.24) is 9.80 Å². The van der Waals surface area contributed by atoms with E-state index in [1.54, 1.807) is 4.90 Å². The van der Waals surface area contributed by atoms with Gasteiger partial charge in [-0.2, -0.15) is 0 Å².